The molecule has 0 saturated heterocycles. The molecule has 0 aliphatic rings. The van der Waals surface area contributed by atoms with Gasteiger partial charge in [0, 0.05) is 36.3 Å². The van der Waals surface area contributed by atoms with Gasteiger partial charge in [-0.05, 0) is 55.5 Å². The number of nitrogens with zero attached hydrogens (tertiary/aromatic N) is 3. The molecule has 31 heavy (non-hydrogen) atoms. The van der Waals surface area contributed by atoms with Crippen molar-refractivity contribution in [3.05, 3.63) is 84.2 Å². The van der Waals surface area contributed by atoms with Crippen molar-refractivity contribution < 1.29 is 4.74 Å². The molecule has 2 aromatic carbocycles. The van der Waals surface area contributed by atoms with E-state index in [4.69, 9.17) is 10.6 Å². The summed E-state index contributed by atoms with van der Waals surface area (Å²) in [6.45, 7) is 3.61. The number of ether oxygens (including phenoxy) is 1. The molecule has 1 heterocycles. The Morgan fingerprint density at radius 2 is 1.71 bits per heavy atom. The SMILES string of the molecule is Cc1ccccc1-c1ccccc1OCCCCCCN=CC(=NN)c1cccnc1. The smallest absolute Gasteiger partial charge is 0.127 e. The average Bonchev–Trinajstić information content (AvgIpc) is 2.82. The summed E-state index contributed by atoms with van der Waals surface area (Å²) >= 11 is 0. The minimum absolute atomic E-state index is 0.647. The molecule has 5 heteroatoms. The fraction of sp³-hybridized carbons (Fsp3) is 0.269. The maximum absolute atomic E-state index is 6.10. The van der Waals surface area contributed by atoms with E-state index in [2.05, 4.69) is 64.5 Å². The topological polar surface area (TPSA) is 72.9 Å². The lowest BCUT2D eigenvalue weighted by atomic mass is 10.00. The average molecular weight is 415 g/mol. The Kier molecular flexibility index (Phi) is 8.80. The molecule has 0 fully saturated rings. The molecule has 0 unspecified atom stereocenters. The summed E-state index contributed by atoms with van der Waals surface area (Å²) < 4.78 is 6.10. The predicted octanol–water partition coefficient (Wildman–Crippen LogP) is 5.43. The number of unbranched alkanes of at least 4 members (excludes halogenated alkanes) is 3. The largest absolute Gasteiger partial charge is 0.493 e. The molecule has 0 atom stereocenters. The number of hydrogen-bond acceptors (Lipinski definition) is 5. The van der Waals surface area contributed by atoms with Crippen molar-refractivity contribution in [2.24, 2.45) is 15.9 Å². The zero-order valence-electron chi connectivity index (χ0n) is 18.1. The Morgan fingerprint density at radius 3 is 2.48 bits per heavy atom. The van der Waals surface area contributed by atoms with Crippen LogP contribution in [0.15, 0.2) is 83.2 Å². The van der Waals surface area contributed by atoms with Gasteiger partial charge in [-0.1, -0.05) is 48.9 Å². The van der Waals surface area contributed by atoms with Gasteiger partial charge in [0.1, 0.15) is 11.5 Å². The second-order valence-corrected chi connectivity index (χ2v) is 7.37. The van der Waals surface area contributed by atoms with Crippen LogP contribution >= 0.6 is 0 Å². The number of aryl methyl sites for hydroxylation is 1. The van der Waals surface area contributed by atoms with E-state index < -0.39 is 0 Å². The number of pyridine rings is 1. The van der Waals surface area contributed by atoms with Crippen LogP contribution in [0.5, 0.6) is 5.75 Å². The third-order valence-corrected chi connectivity index (χ3v) is 5.07. The first-order valence-corrected chi connectivity index (χ1v) is 10.8. The summed E-state index contributed by atoms with van der Waals surface area (Å²) in [5.41, 5.74) is 5.15. The first-order valence-electron chi connectivity index (χ1n) is 10.8. The molecule has 3 rings (SSSR count). The van der Waals surface area contributed by atoms with E-state index in [9.17, 15) is 0 Å². The van der Waals surface area contributed by atoms with Crippen LogP contribution in [0.4, 0.5) is 0 Å². The number of hydrazone groups is 1. The Balaban J connectivity index is 1.37. The lowest BCUT2D eigenvalue weighted by Crippen LogP contribution is -2.06. The van der Waals surface area contributed by atoms with Crippen LogP contribution in [0.25, 0.3) is 11.1 Å². The normalized spacial score (nSPS) is 11.7. The molecule has 5 nitrogen and oxygen atoms in total. The van der Waals surface area contributed by atoms with E-state index in [0.29, 0.717) is 5.71 Å². The van der Waals surface area contributed by atoms with Crippen LogP contribution in [0, 0.1) is 6.92 Å². The molecule has 160 valence electrons. The molecule has 0 spiro atoms. The van der Waals surface area contributed by atoms with Gasteiger partial charge in [0.2, 0.25) is 0 Å². The number of rotatable bonds is 11. The van der Waals surface area contributed by atoms with Gasteiger partial charge in [-0.2, -0.15) is 5.10 Å². The Morgan fingerprint density at radius 1 is 0.935 bits per heavy atom. The van der Waals surface area contributed by atoms with Crippen LogP contribution in [0.3, 0.4) is 0 Å². The minimum atomic E-state index is 0.647. The highest BCUT2D eigenvalue weighted by Gasteiger charge is 2.07. The molecule has 0 aliphatic heterocycles. The molecule has 0 aliphatic carbocycles. The van der Waals surface area contributed by atoms with Gasteiger partial charge in [-0.15, -0.1) is 0 Å². The monoisotopic (exact) mass is 414 g/mol. The second kappa shape index (κ2) is 12.3. The van der Waals surface area contributed by atoms with Gasteiger partial charge >= 0.3 is 0 Å². The lowest BCUT2D eigenvalue weighted by Gasteiger charge is -2.13. The first kappa shape index (κ1) is 22.2. The van der Waals surface area contributed by atoms with E-state index in [1.54, 1.807) is 18.6 Å². The van der Waals surface area contributed by atoms with Crippen molar-refractivity contribution in [1.29, 1.82) is 0 Å². The molecular formula is C26H30N4O. The Hall–Kier alpha value is -3.47. The van der Waals surface area contributed by atoms with Crippen LogP contribution in [-0.4, -0.2) is 30.1 Å². The van der Waals surface area contributed by atoms with Crippen molar-refractivity contribution in [2.75, 3.05) is 13.2 Å². The molecule has 0 saturated carbocycles. The number of benzene rings is 2. The molecule has 0 radical (unpaired) electrons. The Bertz CT molecular complexity index is 999. The van der Waals surface area contributed by atoms with E-state index in [1.165, 1.54) is 11.1 Å². The van der Waals surface area contributed by atoms with Crippen LogP contribution < -0.4 is 10.6 Å². The van der Waals surface area contributed by atoms with E-state index in [-0.39, 0.29) is 0 Å². The lowest BCUT2D eigenvalue weighted by molar-refractivity contribution is 0.306. The number of hydrogen-bond donors (Lipinski definition) is 1. The van der Waals surface area contributed by atoms with E-state index in [1.807, 2.05) is 18.2 Å². The van der Waals surface area contributed by atoms with Gasteiger partial charge < -0.3 is 10.6 Å². The first-order chi connectivity index (χ1) is 15.3. The highest BCUT2D eigenvalue weighted by molar-refractivity contribution is 6.38. The standard InChI is InChI=1S/C26H30N4O/c1-21-11-4-5-13-23(21)24-14-6-7-15-26(24)31-18-9-3-2-8-16-29-20-25(30-27)22-12-10-17-28-19-22/h4-7,10-15,17,19-20H,2-3,8-9,16,18,27H2,1H3. The fourth-order valence-corrected chi connectivity index (χ4v) is 3.38. The van der Waals surface area contributed by atoms with Crippen LogP contribution in [0.2, 0.25) is 0 Å². The van der Waals surface area contributed by atoms with Gasteiger partial charge in [0.25, 0.3) is 0 Å². The van der Waals surface area contributed by atoms with E-state index >= 15 is 0 Å². The second-order valence-electron chi connectivity index (χ2n) is 7.37. The minimum Gasteiger partial charge on any atom is -0.493 e. The number of aromatic nitrogens is 1. The summed E-state index contributed by atoms with van der Waals surface area (Å²) in [7, 11) is 0. The third kappa shape index (κ3) is 6.78. The van der Waals surface area contributed by atoms with Gasteiger partial charge in [-0.3, -0.25) is 9.98 Å². The maximum Gasteiger partial charge on any atom is 0.127 e. The van der Waals surface area contributed by atoms with Gasteiger partial charge in [0.05, 0.1) is 6.61 Å². The molecule has 1 aromatic heterocycles. The van der Waals surface area contributed by atoms with Crippen molar-refractivity contribution in [3.63, 3.8) is 0 Å². The van der Waals surface area contributed by atoms with Crippen molar-refractivity contribution in [3.8, 4) is 16.9 Å². The van der Waals surface area contributed by atoms with E-state index in [0.717, 1.165) is 55.7 Å². The van der Waals surface area contributed by atoms with Crippen molar-refractivity contribution in [1.82, 2.24) is 4.98 Å². The highest BCUT2D eigenvalue weighted by Crippen LogP contribution is 2.32. The summed E-state index contributed by atoms with van der Waals surface area (Å²) in [6.07, 6.45) is 9.46. The molecule has 3 aromatic rings. The molecule has 2 N–H and O–H groups in total. The van der Waals surface area contributed by atoms with Crippen molar-refractivity contribution >= 4 is 11.9 Å². The third-order valence-electron chi connectivity index (χ3n) is 5.07. The summed E-state index contributed by atoms with van der Waals surface area (Å²) in [4.78, 5) is 8.52. The quantitative estimate of drug-likeness (QED) is 0.197. The maximum atomic E-state index is 6.10. The molecular weight excluding hydrogens is 384 g/mol. The fourth-order valence-electron chi connectivity index (χ4n) is 3.38. The van der Waals surface area contributed by atoms with Crippen molar-refractivity contribution in [2.45, 2.75) is 32.6 Å². The summed E-state index contributed by atoms with van der Waals surface area (Å²) in [5.74, 6) is 6.41. The molecule has 0 bridgehead atoms. The zero-order valence-corrected chi connectivity index (χ0v) is 18.1. The van der Waals surface area contributed by atoms with Gasteiger partial charge in [-0.25, -0.2) is 0 Å². The van der Waals surface area contributed by atoms with Crippen LogP contribution in [-0.2, 0) is 0 Å². The number of nitrogens with two attached hydrogens (primary N) is 1. The van der Waals surface area contributed by atoms with Gasteiger partial charge in [0.15, 0.2) is 0 Å². The summed E-state index contributed by atoms with van der Waals surface area (Å²) in [5, 5.41) is 3.79. The number of aliphatic imine (C=N–C) groups is 1. The molecule has 0 amide bonds. The highest BCUT2D eigenvalue weighted by atomic mass is 16.5. The summed E-state index contributed by atoms with van der Waals surface area (Å²) in [6, 6.07) is 20.5. The van der Waals surface area contributed by atoms with Crippen LogP contribution in [0.1, 0.15) is 36.8 Å². The predicted molar refractivity (Wildman–Crippen MR) is 129 cm³/mol. The Labute approximate surface area is 184 Å². The zero-order chi connectivity index (χ0) is 21.7. The number of para-hydroxylation sites is 1.